The summed E-state index contributed by atoms with van der Waals surface area (Å²) in [6.07, 6.45) is 0. The first-order valence-electron chi connectivity index (χ1n) is 5.98. The van der Waals surface area contributed by atoms with Crippen LogP contribution < -0.4 is 4.74 Å². The van der Waals surface area contributed by atoms with E-state index in [2.05, 4.69) is 33.8 Å². The Morgan fingerprint density at radius 3 is 2.35 bits per heavy atom. The van der Waals surface area contributed by atoms with Gasteiger partial charge >= 0.3 is 5.97 Å². The van der Waals surface area contributed by atoms with Crippen molar-refractivity contribution in [3.8, 4) is 5.75 Å². The Balaban J connectivity index is 2.62. The third-order valence-corrected chi connectivity index (χ3v) is 3.04. The number of carbonyl (C=O) groups excluding carboxylic acids is 1. The molecule has 0 aromatic heterocycles. The molecule has 1 aromatic carbocycles. The van der Waals surface area contributed by atoms with Crippen molar-refractivity contribution in [1.29, 1.82) is 0 Å². The second-order valence-electron chi connectivity index (χ2n) is 4.99. The van der Waals surface area contributed by atoms with Crippen LogP contribution in [-0.2, 0) is 4.74 Å². The first-order valence-corrected chi connectivity index (χ1v) is 5.98. The van der Waals surface area contributed by atoms with Crippen LogP contribution in [0.2, 0.25) is 0 Å². The highest BCUT2D eigenvalue weighted by molar-refractivity contribution is 5.94. The van der Waals surface area contributed by atoms with E-state index in [1.807, 2.05) is 6.07 Å². The van der Waals surface area contributed by atoms with Crippen molar-refractivity contribution in [2.45, 2.75) is 39.5 Å². The second-order valence-corrected chi connectivity index (χ2v) is 4.99. The van der Waals surface area contributed by atoms with Gasteiger partial charge in [-0.05, 0) is 29.0 Å². The molecule has 0 bridgehead atoms. The lowest BCUT2D eigenvalue weighted by molar-refractivity contribution is 0.00440. The van der Waals surface area contributed by atoms with Crippen molar-refractivity contribution in [2.75, 3.05) is 6.79 Å². The maximum absolute atomic E-state index is 11.7. The number of cyclic esters (lactones) is 1. The molecule has 0 saturated carbocycles. The highest BCUT2D eigenvalue weighted by atomic mass is 16.7. The minimum Gasteiger partial charge on any atom is -0.456 e. The number of esters is 1. The van der Waals surface area contributed by atoms with Gasteiger partial charge in [0.25, 0.3) is 0 Å². The van der Waals surface area contributed by atoms with Crippen molar-refractivity contribution in [1.82, 2.24) is 0 Å². The Bertz CT molecular complexity index is 447. The Labute approximate surface area is 102 Å². The summed E-state index contributed by atoms with van der Waals surface area (Å²) in [5.74, 6) is 1.12. The molecule has 0 atom stereocenters. The van der Waals surface area contributed by atoms with E-state index in [1.165, 1.54) is 0 Å². The fraction of sp³-hybridized carbons (Fsp3) is 0.500. The highest BCUT2D eigenvalue weighted by Gasteiger charge is 2.25. The molecule has 0 unspecified atom stereocenters. The zero-order chi connectivity index (χ0) is 12.6. The maximum atomic E-state index is 11.7. The van der Waals surface area contributed by atoms with Gasteiger partial charge in [-0.2, -0.15) is 0 Å². The van der Waals surface area contributed by atoms with Crippen LogP contribution in [0.5, 0.6) is 5.75 Å². The molecule has 0 N–H and O–H groups in total. The van der Waals surface area contributed by atoms with E-state index in [1.54, 1.807) is 0 Å². The number of carbonyl (C=O) groups is 1. The minimum atomic E-state index is -0.282. The van der Waals surface area contributed by atoms with Crippen molar-refractivity contribution in [2.24, 2.45) is 0 Å². The molecular weight excluding hydrogens is 216 g/mol. The van der Waals surface area contributed by atoms with Gasteiger partial charge in [0.15, 0.2) is 0 Å². The monoisotopic (exact) mass is 234 g/mol. The van der Waals surface area contributed by atoms with Gasteiger partial charge in [-0.15, -0.1) is 0 Å². The lowest BCUT2D eigenvalue weighted by atomic mass is 9.91. The molecule has 0 fully saturated rings. The fourth-order valence-electron chi connectivity index (χ4n) is 1.97. The Morgan fingerprint density at radius 1 is 1.06 bits per heavy atom. The standard InChI is InChI=1S/C14H18O3/c1-8(2)10-5-11(9(3)4)13-12(6-10)14(15)17-7-16-13/h5-6,8-9H,7H2,1-4H3. The average Bonchev–Trinajstić information content (AvgIpc) is 2.28. The average molecular weight is 234 g/mol. The first-order chi connectivity index (χ1) is 8.00. The van der Waals surface area contributed by atoms with E-state index < -0.39 is 0 Å². The molecule has 0 saturated heterocycles. The molecule has 0 radical (unpaired) electrons. The second kappa shape index (κ2) is 4.40. The van der Waals surface area contributed by atoms with Crippen LogP contribution >= 0.6 is 0 Å². The van der Waals surface area contributed by atoms with Crippen LogP contribution in [0.25, 0.3) is 0 Å². The molecule has 3 nitrogen and oxygen atoms in total. The molecule has 1 heterocycles. The summed E-state index contributed by atoms with van der Waals surface area (Å²) >= 11 is 0. The summed E-state index contributed by atoms with van der Waals surface area (Å²) in [7, 11) is 0. The lowest BCUT2D eigenvalue weighted by Gasteiger charge is -2.23. The van der Waals surface area contributed by atoms with Crippen LogP contribution in [0.15, 0.2) is 12.1 Å². The summed E-state index contributed by atoms with van der Waals surface area (Å²) < 4.78 is 10.4. The first kappa shape index (κ1) is 12.0. The van der Waals surface area contributed by atoms with Gasteiger partial charge < -0.3 is 9.47 Å². The Hall–Kier alpha value is -1.51. The normalized spacial score (nSPS) is 14.6. The number of benzene rings is 1. The molecule has 3 heteroatoms. The van der Waals surface area contributed by atoms with Gasteiger partial charge in [0.05, 0.1) is 0 Å². The molecule has 1 aliphatic heterocycles. The third kappa shape index (κ3) is 2.14. The van der Waals surface area contributed by atoms with Crippen molar-refractivity contribution >= 4 is 5.97 Å². The number of fused-ring (bicyclic) bond motifs is 1. The van der Waals surface area contributed by atoms with Crippen LogP contribution in [0, 0.1) is 0 Å². The predicted octanol–water partition coefficient (Wildman–Crippen LogP) is 3.44. The van der Waals surface area contributed by atoms with Crippen molar-refractivity contribution in [3.05, 3.63) is 28.8 Å². The zero-order valence-electron chi connectivity index (χ0n) is 10.7. The lowest BCUT2D eigenvalue weighted by Crippen LogP contribution is -2.20. The van der Waals surface area contributed by atoms with E-state index in [0.29, 0.717) is 23.1 Å². The Kier molecular flexibility index (Phi) is 3.09. The van der Waals surface area contributed by atoms with Gasteiger partial charge in [-0.25, -0.2) is 4.79 Å². The molecular formula is C14H18O3. The van der Waals surface area contributed by atoms with Crippen molar-refractivity contribution < 1.29 is 14.3 Å². The van der Waals surface area contributed by atoms with Crippen LogP contribution in [0.1, 0.15) is 61.0 Å². The minimum absolute atomic E-state index is 0.0204. The van der Waals surface area contributed by atoms with Crippen molar-refractivity contribution in [3.63, 3.8) is 0 Å². The summed E-state index contributed by atoms with van der Waals surface area (Å²) in [6, 6.07) is 4.01. The molecule has 0 amide bonds. The van der Waals surface area contributed by atoms with Gasteiger partial charge in [0, 0.05) is 0 Å². The number of rotatable bonds is 2. The SMILES string of the molecule is CC(C)c1cc2c(c(C(C)C)c1)OCOC2=O. The van der Waals surface area contributed by atoms with Gasteiger partial charge in [0.1, 0.15) is 11.3 Å². The number of hydrogen-bond donors (Lipinski definition) is 0. The van der Waals surface area contributed by atoms with E-state index in [0.717, 1.165) is 11.1 Å². The molecule has 0 aliphatic carbocycles. The molecule has 17 heavy (non-hydrogen) atoms. The molecule has 0 spiro atoms. The molecule has 1 aliphatic rings. The maximum Gasteiger partial charge on any atom is 0.344 e. The van der Waals surface area contributed by atoms with E-state index in [-0.39, 0.29) is 12.8 Å². The van der Waals surface area contributed by atoms with E-state index >= 15 is 0 Å². The molecule has 1 aromatic rings. The highest BCUT2D eigenvalue weighted by Crippen LogP contribution is 2.36. The largest absolute Gasteiger partial charge is 0.456 e. The summed E-state index contributed by atoms with van der Waals surface area (Å²) in [6.45, 7) is 8.44. The zero-order valence-corrected chi connectivity index (χ0v) is 10.7. The van der Waals surface area contributed by atoms with Gasteiger partial charge in [0.2, 0.25) is 6.79 Å². The molecule has 2 rings (SSSR count). The van der Waals surface area contributed by atoms with Crippen LogP contribution in [-0.4, -0.2) is 12.8 Å². The fourth-order valence-corrected chi connectivity index (χ4v) is 1.97. The van der Waals surface area contributed by atoms with E-state index in [9.17, 15) is 4.79 Å². The van der Waals surface area contributed by atoms with Gasteiger partial charge in [-0.3, -0.25) is 0 Å². The van der Waals surface area contributed by atoms with Gasteiger partial charge in [-0.1, -0.05) is 33.8 Å². The summed E-state index contributed by atoms with van der Waals surface area (Å²) in [5, 5.41) is 0. The summed E-state index contributed by atoms with van der Waals surface area (Å²) in [5.41, 5.74) is 2.80. The number of ether oxygens (including phenoxy) is 2. The smallest absolute Gasteiger partial charge is 0.344 e. The van der Waals surface area contributed by atoms with Crippen LogP contribution in [0.4, 0.5) is 0 Å². The molecule has 92 valence electrons. The predicted molar refractivity (Wildman–Crippen MR) is 65.5 cm³/mol. The quantitative estimate of drug-likeness (QED) is 0.735. The third-order valence-electron chi connectivity index (χ3n) is 3.04. The topological polar surface area (TPSA) is 35.5 Å². The van der Waals surface area contributed by atoms with Crippen LogP contribution in [0.3, 0.4) is 0 Å². The number of hydrogen-bond acceptors (Lipinski definition) is 3. The van der Waals surface area contributed by atoms with E-state index in [4.69, 9.17) is 9.47 Å². The Morgan fingerprint density at radius 2 is 1.76 bits per heavy atom. The summed E-state index contributed by atoms with van der Waals surface area (Å²) in [4.78, 5) is 11.7.